The first-order valence-electron chi connectivity index (χ1n) is 4.37. The van der Waals surface area contributed by atoms with E-state index >= 15 is 0 Å². The number of rotatable bonds is 1. The molecule has 0 aromatic heterocycles. The predicted octanol–water partition coefficient (Wildman–Crippen LogP) is 2.10. The molecule has 0 bridgehead atoms. The molecule has 2 rings (SSSR count). The van der Waals surface area contributed by atoms with Crippen molar-refractivity contribution in [1.82, 2.24) is 5.32 Å². The third kappa shape index (κ3) is 1.71. The minimum absolute atomic E-state index is 0.931. The van der Waals surface area contributed by atoms with Gasteiger partial charge in [0.15, 0.2) is 0 Å². The zero-order valence-corrected chi connectivity index (χ0v) is 9.15. The Kier molecular flexibility index (Phi) is 2.56. The van der Waals surface area contributed by atoms with Crippen LogP contribution in [0, 0.1) is 0 Å². The van der Waals surface area contributed by atoms with Crippen LogP contribution in [-0.2, 0) is 13.0 Å². The van der Waals surface area contributed by atoms with Crippen LogP contribution in [0.15, 0.2) is 16.6 Å². The largest absolute Gasteiger partial charge is 0.496 e. The van der Waals surface area contributed by atoms with Crippen molar-refractivity contribution < 1.29 is 4.74 Å². The molecule has 0 fully saturated rings. The molecule has 1 N–H and O–H groups in total. The van der Waals surface area contributed by atoms with E-state index in [9.17, 15) is 0 Å². The van der Waals surface area contributed by atoms with Crippen LogP contribution in [0.3, 0.4) is 0 Å². The molecule has 1 aliphatic rings. The van der Waals surface area contributed by atoms with Crippen LogP contribution in [0.4, 0.5) is 0 Å². The molecule has 13 heavy (non-hydrogen) atoms. The summed E-state index contributed by atoms with van der Waals surface area (Å²) in [5.41, 5.74) is 2.78. The molecule has 0 radical (unpaired) electrons. The zero-order valence-electron chi connectivity index (χ0n) is 7.56. The van der Waals surface area contributed by atoms with Gasteiger partial charge in [0.05, 0.1) is 11.6 Å². The standard InChI is InChI=1S/C10H12BrNO/c1-13-10-5-7-2-3-12-6-8(7)4-9(10)11/h4-5,12H,2-3,6H2,1H3. The van der Waals surface area contributed by atoms with E-state index in [1.165, 1.54) is 11.1 Å². The van der Waals surface area contributed by atoms with Crippen molar-refractivity contribution in [2.75, 3.05) is 13.7 Å². The van der Waals surface area contributed by atoms with Crippen LogP contribution in [-0.4, -0.2) is 13.7 Å². The highest BCUT2D eigenvalue weighted by Crippen LogP contribution is 2.29. The molecule has 1 heterocycles. The highest BCUT2D eigenvalue weighted by atomic mass is 79.9. The Bertz CT molecular complexity index is 325. The number of hydrogen-bond donors (Lipinski definition) is 1. The lowest BCUT2D eigenvalue weighted by molar-refractivity contribution is 0.411. The Hall–Kier alpha value is -0.540. The topological polar surface area (TPSA) is 21.3 Å². The van der Waals surface area contributed by atoms with Gasteiger partial charge in [-0.25, -0.2) is 0 Å². The van der Waals surface area contributed by atoms with Crippen LogP contribution >= 0.6 is 15.9 Å². The number of hydrogen-bond acceptors (Lipinski definition) is 2. The molecule has 0 unspecified atom stereocenters. The molecule has 1 aromatic carbocycles. The summed E-state index contributed by atoms with van der Waals surface area (Å²) in [4.78, 5) is 0. The third-order valence-corrected chi connectivity index (χ3v) is 2.98. The maximum atomic E-state index is 5.24. The summed E-state index contributed by atoms with van der Waals surface area (Å²) in [7, 11) is 1.70. The Morgan fingerprint density at radius 3 is 3.00 bits per heavy atom. The van der Waals surface area contributed by atoms with Gasteiger partial charge in [-0.3, -0.25) is 0 Å². The van der Waals surface area contributed by atoms with E-state index < -0.39 is 0 Å². The van der Waals surface area contributed by atoms with Gasteiger partial charge in [-0.2, -0.15) is 0 Å². The second-order valence-electron chi connectivity index (χ2n) is 3.18. The number of fused-ring (bicyclic) bond motifs is 1. The van der Waals surface area contributed by atoms with Crippen molar-refractivity contribution in [1.29, 1.82) is 0 Å². The molecular formula is C10H12BrNO. The normalized spacial score (nSPS) is 15.2. The Morgan fingerprint density at radius 2 is 2.23 bits per heavy atom. The van der Waals surface area contributed by atoms with Gasteiger partial charge in [-0.05, 0) is 52.2 Å². The minimum Gasteiger partial charge on any atom is -0.496 e. The van der Waals surface area contributed by atoms with E-state index in [1.54, 1.807) is 7.11 Å². The smallest absolute Gasteiger partial charge is 0.133 e. The number of methoxy groups -OCH3 is 1. The monoisotopic (exact) mass is 241 g/mol. The van der Waals surface area contributed by atoms with E-state index in [-0.39, 0.29) is 0 Å². The lowest BCUT2D eigenvalue weighted by Crippen LogP contribution is -2.23. The van der Waals surface area contributed by atoms with Gasteiger partial charge in [0, 0.05) is 6.54 Å². The van der Waals surface area contributed by atoms with Crippen molar-refractivity contribution in [3.63, 3.8) is 0 Å². The highest BCUT2D eigenvalue weighted by molar-refractivity contribution is 9.10. The van der Waals surface area contributed by atoms with E-state index in [4.69, 9.17) is 4.74 Å². The van der Waals surface area contributed by atoms with Crippen LogP contribution in [0.5, 0.6) is 5.75 Å². The molecule has 0 atom stereocenters. The van der Waals surface area contributed by atoms with Crippen LogP contribution in [0.2, 0.25) is 0 Å². The molecular weight excluding hydrogens is 230 g/mol. The summed E-state index contributed by atoms with van der Waals surface area (Å²) in [6.07, 6.45) is 1.10. The fraction of sp³-hybridized carbons (Fsp3) is 0.400. The maximum absolute atomic E-state index is 5.24. The van der Waals surface area contributed by atoms with Crippen molar-refractivity contribution in [3.05, 3.63) is 27.7 Å². The summed E-state index contributed by atoms with van der Waals surface area (Å²) in [6, 6.07) is 4.26. The van der Waals surface area contributed by atoms with E-state index in [0.29, 0.717) is 0 Å². The summed E-state index contributed by atoms with van der Waals surface area (Å²) < 4.78 is 6.28. The Balaban J connectivity index is 2.44. The molecule has 2 nitrogen and oxygen atoms in total. The second kappa shape index (κ2) is 3.68. The van der Waals surface area contributed by atoms with Crippen molar-refractivity contribution in [2.45, 2.75) is 13.0 Å². The number of ether oxygens (including phenoxy) is 1. The molecule has 3 heteroatoms. The molecule has 1 aromatic rings. The summed E-state index contributed by atoms with van der Waals surface area (Å²) in [5, 5.41) is 3.34. The summed E-state index contributed by atoms with van der Waals surface area (Å²) >= 11 is 3.48. The molecule has 1 aliphatic heterocycles. The molecule has 0 saturated carbocycles. The van der Waals surface area contributed by atoms with Crippen LogP contribution in [0.1, 0.15) is 11.1 Å². The first-order chi connectivity index (χ1) is 6.31. The van der Waals surface area contributed by atoms with Crippen LogP contribution < -0.4 is 10.1 Å². The quantitative estimate of drug-likeness (QED) is 0.814. The van der Waals surface area contributed by atoms with E-state index in [2.05, 4.69) is 33.4 Å². The van der Waals surface area contributed by atoms with Gasteiger partial charge in [-0.1, -0.05) is 0 Å². The van der Waals surface area contributed by atoms with Crippen molar-refractivity contribution in [3.8, 4) is 5.75 Å². The average Bonchev–Trinajstić information content (AvgIpc) is 2.17. The second-order valence-corrected chi connectivity index (χ2v) is 4.04. The predicted molar refractivity (Wildman–Crippen MR) is 56.1 cm³/mol. The first-order valence-corrected chi connectivity index (χ1v) is 5.16. The van der Waals surface area contributed by atoms with Crippen molar-refractivity contribution in [2.24, 2.45) is 0 Å². The number of halogens is 1. The average molecular weight is 242 g/mol. The minimum atomic E-state index is 0.931. The number of benzene rings is 1. The van der Waals surface area contributed by atoms with E-state index in [1.807, 2.05) is 0 Å². The van der Waals surface area contributed by atoms with Gasteiger partial charge < -0.3 is 10.1 Å². The van der Waals surface area contributed by atoms with Gasteiger partial charge in [-0.15, -0.1) is 0 Å². The van der Waals surface area contributed by atoms with Crippen molar-refractivity contribution >= 4 is 15.9 Å². The summed E-state index contributed by atoms with van der Waals surface area (Å²) in [6.45, 7) is 2.04. The molecule has 0 aliphatic carbocycles. The fourth-order valence-electron chi connectivity index (χ4n) is 1.64. The summed E-state index contributed by atoms with van der Waals surface area (Å²) in [5.74, 6) is 0.931. The Morgan fingerprint density at radius 1 is 1.38 bits per heavy atom. The zero-order chi connectivity index (χ0) is 9.26. The fourth-order valence-corrected chi connectivity index (χ4v) is 2.19. The maximum Gasteiger partial charge on any atom is 0.133 e. The molecule has 0 amide bonds. The lowest BCUT2D eigenvalue weighted by atomic mass is 10.0. The number of nitrogens with one attached hydrogen (secondary N) is 1. The van der Waals surface area contributed by atoms with Gasteiger partial charge >= 0.3 is 0 Å². The van der Waals surface area contributed by atoms with E-state index in [0.717, 1.165) is 29.7 Å². The third-order valence-electron chi connectivity index (χ3n) is 2.36. The Labute approximate surface area is 86.4 Å². The van der Waals surface area contributed by atoms with Gasteiger partial charge in [0.25, 0.3) is 0 Å². The molecule has 70 valence electrons. The molecule has 0 saturated heterocycles. The van der Waals surface area contributed by atoms with Crippen LogP contribution in [0.25, 0.3) is 0 Å². The van der Waals surface area contributed by atoms with Gasteiger partial charge in [0.1, 0.15) is 5.75 Å². The van der Waals surface area contributed by atoms with Gasteiger partial charge in [0.2, 0.25) is 0 Å². The molecule has 0 spiro atoms. The SMILES string of the molecule is COc1cc2c(cc1Br)CNCC2. The lowest BCUT2D eigenvalue weighted by Gasteiger charge is -2.18. The first kappa shape index (κ1) is 9.03. The highest BCUT2D eigenvalue weighted by Gasteiger charge is 2.11.